The highest BCUT2D eigenvalue weighted by molar-refractivity contribution is 5.80. The van der Waals surface area contributed by atoms with Crippen LogP contribution in [0.4, 0.5) is 4.39 Å². The molecule has 6 nitrogen and oxygen atoms in total. The molecular formula is C17H23FN6. The van der Waals surface area contributed by atoms with Crippen LogP contribution in [-0.2, 0) is 20.1 Å². The fourth-order valence-electron chi connectivity index (χ4n) is 2.41. The van der Waals surface area contributed by atoms with Crippen molar-refractivity contribution in [3.8, 4) is 0 Å². The van der Waals surface area contributed by atoms with E-state index in [0.717, 1.165) is 36.0 Å². The van der Waals surface area contributed by atoms with Crippen LogP contribution in [0.3, 0.4) is 0 Å². The Kier molecular flexibility index (Phi) is 4.78. The molecule has 1 fully saturated rings. The minimum absolute atomic E-state index is 0.218. The first-order valence-corrected chi connectivity index (χ1v) is 8.14. The Morgan fingerprint density at radius 3 is 2.83 bits per heavy atom. The monoisotopic (exact) mass is 330 g/mol. The van der Waals surface area contributed by atoms with Gasteiger partial charge in [0.25, 0.3) is 0 Å². The molecule has 0 aliphatic heterocycles. The Bertz CT molecular complexity index is 734. The third-order valence-corrected chi connectivity index (χ3v) is 4.13. The third kappa shape index (κ3) is 4.10. The SMILES string of the molecule is Cc1nnc(CN=C(NC2CC2)N(C)Cc2cccc(F)c2)n1C. The largest absolute Gasteiger partial charge is 0.353 e. The fraction of sp³-hybridized carbons (Fsp3) is 0.471. The molecule has 0 atom stereocenters. The minimum atomic E-state index is -0.218. The van der Waals surface area contributed by atoms with Crippen LogP contribution in [0, 0.1) is 12.7 Å². The van der Waals surface area contributed by atoms with Gasteiger partial charge in [0.1, 0.15) is 18.2 Å². The van der Waals surface area contributed by atoms with E-state index in [0.29, 0.717) is 19.1 Å². The van der Waals surface area contributed by atoms with Crippen molar-refractivity contribution in [2.24, 2.45) is 12.0 Å². The van der Waals surface area contributed by atoms with E-state index in [1.165, 1.54) is 6.07 Å². The van der Waals surface area contributed by atoms with Crippen LogP contribution in [-0.4, -0.2) is 38.7 Å². The van der Waals surface area contributed by atoms with Gasteiger partial charge in [0.15, 0.2) is 11.8 Å². The smallest absolute Gasteiger partial charge is 0.194 e. The van der Waals surface area contributed by atoms with Gasteiger partial charge in [-0.05, 0) is 37.5 Å². The molecular weight excluding hydrogens is 307 g/mol. The molecule has 3 rings (SSSR count). The molecule has 128 valence electrons. The van der Waals surface area contributed by atoms with Crippen LogP contribution in [0.25, 0.3) is 0 Å². The van der Waals surface area contributed by atoms with Crippen LogP contribution >= 0.6 is 0 Å². The summed E-state index contributed by atoms with van der Waals surface area (Å²) in [5.41, 5.74) is 0.914. The molecule has 1 aliphatic rings. The van der Waals surface area contributed by atoms with Crippen molar-refractivity contribution in [2.75, 3.05) is 7.05 Å². The van der Waals surface area contributed by atoms with E-state index in [9.17, 15) is 4.39 Å². The number of halogens is 1. The number of aromatic nitrogens is 3. The van der Waals surface area contributed by atoms with Gasteiger partial charge in [-0.2, -0.15) is 0 Å². The van der Waals surface area contributed by atoms with Crippen molar-refractivity contribution in [2.45, 2.75) is 38.9 Å². The summed E-state index contributed by atoms with van der Waals surface area (Å²) >= 11 is 0. The summed E-state index contributed by atoms with van der Waals surface area (Å²) in [5.74, 6) is 2.28. The average molecular weight is 330 g/mol. The molecule has 2 aromatic rings. The maximum atomic E-state index is 13.4. The van der Waals surface area contributed by atoms with E-state index in [2.05, 4.69) is 20.5 Å². The molecule has 1 aromatic carbocycles. The maximum absolute atomic E-state index is 13.4. The molecule has 1 aliphatic carbocycles. The Hall–Kier alpha value is -2.44. The lowest BCUT2D eigenvalue weighted by Crippen LogP contribution is -2.39. The molecule has 24 heavy (non-hydrogen) atoms. The fourth-order valence-corrected chi connectivity index (χ4v) is 2.41. The van der Waals surface area contributed by atoms with E-state index >= 15 is 0 Å². The Morgan fingerprint density at radius 1 is 1.42 bits per heavy atom. The molecule has 1 heterocycles. The number of rotatable bonds is 5. The number of hydrogen-bond donors (Lipinski definition) is 1. The van der Waals surface area contributed by atoms with E-state index < -0.39 is 0 Å². The normalized spacial score (nSPS) is 14.8. The molecule has 0 saturated heterocycles. The number of aliphatic imine (C=N–C) groups is 1. The number of guanidine groups is 1. The second kappa shape index (κ2) is 6.98. The molecule has 1 saturated carbocycles. The summed E-state index contributed by atoms with van der Waals surface area (Å²) in [7, 11) is 3.89. The van der Waals surface area contributed by atoms with Gasteiger partial charge in [-0.25, -0.2) is 9.38 Å². The summed E-state index contributed by atoms with van der Waals surface area (Å²) in [5, 5.41) is 11.7. The Balaban J connectivity index is 1.72. The van der Waals surface area contributed by atoms with Gasteiger partial charge in [0.2, 0.25) is 0 Å². The minimum Gasteiger partial charge on any atom is -0.353 e. The summed E-state index contributed by atoms with van der Waals surface area (Å²) in [6.07, 6.45) is 2.33. The summed E-state index contributed by atoms with van der Waals surface area (Å²) in [4.78, 5) is 6.69. The molecule has 1 N–H and O–H groups in total. The first-order chi connectivity index (χ1) is 11.5. The summed E-state index contributed by atoms with van der Waals surface area (Å²) in [6, 6.07) is 7.14. The van der Waals surface area contributed by atoms with Crippen molar-refractivity contribution >= 4 is 5.96 Å². The van der Waals surface area contributed by atoms with Crippen LogP contribution in [0.2, 0.25) is 0 Å². The van der Waals surface area contributed by atoms with Crippen molar-refractivity contribution in [1.82, 2.24) is 25.0 Å². The van der Waals surface area contributed by atoms with Gasteiger partial charge in [-0.1, -0.05) is 12.1 Å². The van der Waals surface area contributed by atoms with Gasteiger partial charge in [-0.3, -0.25) is 0 Å². The zero-order valence-electron chi connectivity index (χ0n) is 14.3. The Morgan fingerprint density at radius 2 is 2.21 bits per heavy atom. The predicted molar refractivity (Wildman–Crippen MR) is 90.9 cm³/mol. The maximum Gasteiger partial charge on any atom is 0.194 e. The van der Waals surface area contributed by atoms with Crippen LogP contribution < -0.4 is 5.32 Å². The highest BCUT2D eigenvalue weighted by Gasteiger charge is 2.24. The quantitative estimate of drug-likeness (QED) is 0.673. The second-order valence-electron chi connectivity index (χ2n) is 6.27. The van der Waals surface area contributed by atoms with Gasteiger partial charge in [0.05, 0.1) is 0 Å². The highest BCUT2D eigenvalue weighted by atomic mass is 19.1. The van der Waals surface area contributed by atoms with Gasteiger partial charge in [-0.15, -0.1) is 10.2 Å². The third-order valence-electron chi connectivity index (χ3n) is 4.13. The van der Waals surface area contributed by atoms with E-state index in [1.807, 2.05) is 36.6 Å². The average Bonchev–Trinajstić information content (AvgIpc) is 3.31. The molecule has 0 spiro atoms. The standard InChI is InChI=1S/C17H23FN6/c1-12-21-22-16(24(12)3)10-19-17(20-15-7-8-15)23(2)11-13-5-4-6-14(18)9-13/h4-6,9,15H,7-8,10-11H2,1-3H3,(H,19,20). The van der Waals surface area contributed by atoms with Gasteiger partial charge < -0.3 is 14.8 Å². The number of nitrogens with zero attached hydrogens (tertiary/aromatic N) is 5. The van der Waals surface area contributed by atoms with Crippen molar-refractivity contribution in [3.63, 3.8) is 0 Å². The molecule has 1 aromatic heterocycles. The Labute approximate surface area is 141 Å². The summed E-state index contributed by atoms with van der Waals surface area (Å²) in [6.45, 7) is 2.97. The lowest BCUT2D eigenvalue weighted by Gasteiger charge is -2.22. The van der Waals surface area contributed by atoms with Gasteiger partial charge in [0, 0.05) is 26.7 Å². The summed E-state index contributed by atoms with van der Waals surface area (Å²) < 4.78 is 15.3. The molecule has 7 heteroatoms. The highest BCUT2D eigenvalue weighted by Crippen LogP contribution is 2.19. The van der Waals surface area contributed by atoms with Crippen molar-refractivity contribution in [1.29, 1.82) is 0 Å². The topological polar surface area (TPSA) is 58.3 Å². The van der Waals surface area contributed by atoms with Gasteiger partial charge >= 0.3 is 0 Å². The molecule has 0 unspecified atom stereocenters. The first-order valence-electron chi connectivity index (χ1n) is 8.14. The number of nitrogens with one attached hydrogen (secondary N) is 1. The lowest BCUT2D eigenvalue weighted by molar-refractivity contribution is 0.471. The van der Waals surface area contributed by atoms with Crippen molar-refractivity contribution in [3.05, 3.63) is 47.3 Å². The zero-order valence-corrected chi connectivity index (χ0v) is 14.3. The molecule has 0 bridgehead atoms. The van der Waals surface area contributed by atoms with E-state index in [4.69, 9.17) is 0 Å². The van der Waals surface area contributed by atoms with Crippen LogP contribution in [0.1, 0.15) is 30.1 Å². The second-order valence-corrected chi connectivity index (χ2v) is 6.27. The number of aryl methyl sites for hydroxylation is 1. The van der Waals surface area contributed by atoms with Crippen LogP contribution in [0.5, 0.6) is 0 Å². The van der Waals surface area contributed by atoms with Crippen molar-refractivity contribution < 1.29 is 4.39 Å². The number of benzene rings is 1. The van der Waals surface area contributed by atoms with Crippen LogP contribution in [0.15, 0.2) is 29.3 Å². The zero-order chi connectivity index (χ0) is 17.1. The first kappa shape index (κ1) is 16.4. The number of hydrogen-bond acceptors (Lipinski definition) is 3. The lowest BCUT2D eigenvalue weighted by atomic mass is 10.2. The van der Waals surface area contributed by atoms with E-state index in [1.54, 1.807) is 12.1 Å². The molecule has 0 radical (unpaired) electrons. The predicted octanol–water partition coefficient (Wildman–Crippen LogP) is 2.00. The molecule has 0 amide bonds. The van der Waals surface area contributed by atoms with E-state index in [-0.39, 0.29) is 5.82 Å².